The van der Waals surface area contributed by atoms with Crippen LogP contribution in [0.25, 0.3) is 0 Å². The number of nitrogens with zero attached hydrogens (tertiary/aromatic N) is 2. The van der Waals surface area contributed by atoms with E-state index in [0.717, 1.165) is 16.0 Å². The summed E-state index contributed by atoms with van der Waals surface area (Å²) in [4.78, 5) is 31.4. The number of hydrogen-bond acceptors (Lipinski definition) is 5. The van der Waals surface area contributed by atoms with Crippen molar-refractivity contribution < 1.29 is 19.1 Å². The fourth-order valence-electron chi connectivity index (χ4n) is 4.04. The number of anilines is 1. The number of ether oxygens (including phenoxy) is 2. The molecule has 0 saturated heterocycles. The van der Waals surface area contributed by atoms with E-state index in [2.05, 4.69) is 5.32 Å². The zero-order valence-corrected chi connectivity index (χ0v) is 25.3. The van der Waals surface area contributed by atoms with Gasteiger partial charge < -0.3 is 24.6 Å². The van der Waals surface area contributed by atoms with Crippen LogP contribution in [0.2, 0.25) is 10.0 Å². The van der Waals surface area contributed by atoms with Gasteiger partial charge in [0.25, 0.3) is 0 Å². The maximum atomic E-state index is 13.7. The monoisotopic (exact) mass is 591 g/mol. The Bertz CT molecular complexity index is 1280. The lowest BCUT2D eigenvalue weighted by Crippen LogP contribution is -2.46. The summed E-state index contributed by atoms with van der Waals surface area (Å²) in [7, 11) is 3.20. The van der Waals surface area contributed by atoms with Crippen molar-refractivity contribution in [2.75, 3.05) is 39.2 Å². The van der Waals surface area contributed by atoms with Gasteiger partial charge in [0.1, 0.15) is 6.54 Å². The second-order valence-corrected chi connectivity index (χ2v) is 11.5. The summed E-state index contributed by atoms with van der Waals surface area (Å²) in [5.74, 6) is 1.31. The number of nitrogens with one attached hydrogen (secondary N) is 1. The van der Waals surface area contributed by atoms with Crippen LogP contribution in [0.1, 0.15) is 29.9 Å². The van der Waals surface area contributed by atoms with E-state index in [0.29, 0.717) is 53.3 Å². The van der Waals surface area contributed by atoms with E-state index in [1.165, 1.54) is 4.90 Å². The second-order valence-electron chi connectivity index (χ2n) is 9.61. The average molecular weight is 593 g/mol. The maximum absolute atomic E-state index is 13.7. The van der Waals surface area contributed by atoms with Crippen LogP contribution >= 0.6 is 34.5 Å². The van der Waals surface area contributed by atoms with E-state index in [-0.39, 0.29) is 18.4 Å². The number of carbonyl (C=O) groups is 2. The van der Waals surface area contributed by atoms with Gasteiger partial charge in [0.15, 0.2) is 11.5 Å². The van der Waals surface area contributed by atoms with E-state index < -0.39 is 6.03 Å². The first-order valence-corrected chi connectivity index (χ1v) is 14.3. The van der Waals surface area contributed by atoms with Gasteiger partial charge >= 0.3 is 6.03 Å². The molecule has 10 heteroatoms. The number of methoxy groups -OCH3 is 2. The number of urea groups is 1. The molecule has 39 heavy (non-hydrogen) atoms. The molecule has 0 bridgehead atoms. The Balaban J connectivity index is 1.79. The fraction of sp³-hybridized carbons (Fsp3) is 0.379. The van der Waals surface area contributed by atoms with Crippen molar-refractivity contribution in [3.05, 3.63) is 73.9 Å². The lowest BCUT2D eigenvalue weighted by Gasteiger charge is -2.29. The minimum Gasteiger partial charge on any atom is -0.493 e. The summed E-state index contributed by atoms with van der Waals surface area (Å²) in [5, 5.41) is 5.65. The smallest absolute Gasteiger partial charge is 0.322 e. The molecule has 0 radical (unpaired) electrons. The molecule has 0 fully saturated rings. The first-order chi connectivity index (χ1) is 18.6. The number of halogens is 2. The third kappa shape index (κ3) is 8.78. The number of amides is 3. The van der Waals surface area contributed by atoms with Gasteiger partial charge in [0.05, 0.1) is 31.5 Å². The molecule has 3 rings (SSSR count). The Morgan fingerprint density at radius 2 is 1.74 bits per heavy atom. The van der Waals surface area contributed by atoms with E-state index in [4.69, 9.17) is 32.7 Å². The first-order valence-electron chi connectivity index (χ1n) is 12.6. The number of benzene rings is 2. The molecule has 210 valence electrons. The number of carbonyl (C=O) groups excluding carboxylic acids is 2. The van der Waals surface area contributed by atoms with Gasteiger partial charge in [-0.05, 0) is 72.2 Å². The second kappa shape index (κ2) is 14.4. The quantitative estimate of drug-likeness (QED) is 0.243. The average Bonchev–Trinajstić information content (AvgIpc) is 3.31. The molecular weight excluding hydrogens is 557 g/mol. The Kier molecular flexibility index (Phi) is 11.3. The summed E-state index contributed by atoms with van der Waals surface area (Å²) >= 11 is 13.9. The highest BCUT2D eigenvalue weighted by atomic mass is 35.5. The minimum absolute atomic E-state index is 0.0639. The topological polar surface area (TPSA) is 71.1 Å². The fourth-order valence-corrected chi connectivity index (χ4v) is 5.42. The molecule has 3 aromatic rings. The molecular formula is C29H35Cl2N3O4S. The van der Waals surface area contributed by atoms with Crippen molar-refractivity contribution in [2.45, 2.75) is 33.7 Å². The van der Waals surface area contributed by atoms with E-state index >= 15 is 0 Å². The predicted molar refractivity (Wildman–Crippen MR) is 160 cm³/mol. The van der Waals surface area contributed by atoms with Crippen LogP contribution in [0.15, 0.2) is 47.8 Å². The molecule has 7 nitrogen and oxygen atoms in total. The van der Waals surface area contributed by atoms with Crippen LogP contribution in [-0.4, -0.2) is 55.6 Å². The molecule has 0 aliphatic rings. The van der Waals surface area contributed by atoms with E-state index in [1.807, 2.05) is 55.3 Å². The molecule has 0 saturated carbocycles. The van der Waals surface area contributed by atoms with Crippen LogP contribution in [0.4, 0.5) is 10.5 Å². The zero-order chi connectivity index (χ0) is 28.5. The standard InChI is InChI=1S/C29H35Cl2N3O4S/c1-19(2)16-34(29(36)32-24-8-7-22(30)15-23(24)31)18-28(35)33(17-27-20(3)11-13-39-27)12-10-21-6-9-25(37-4)26(14-21)38-5/h6-9,11,13-15,19H,10,12,16-18H2,1-5H3,(H,32,36). The minimum atomic E-state index is -0.395. The van der Waals surface area contributed by atoms with Gasteiger partial charge in [-0.25, -0.2) is 4.79 Å². The Morgan fingerprint density at radius 3 is 2.36 bits per heavy atom. The number of thiophene rings is 1. The van der Waals surface area contributed by atoms with Crippen molar-refractivity contribution in [3.63, 3.8) is 0 Å². The number of rotatable bonds is 12. The highest BCUT2D eigenvalue weighted by Gasteiger charge is 2.24. The van der Waals surface area contributed by atoms with Crippen LogP contribution in [0.5, 0.6) is 11.5 Å². The van der Waals surface area contributed by atoms with Crippen LogP contribution in [-0.2, 0) is 17.8 Å². The van der Waals surface area contributed by atoms with Crippen LogP contribution < -0.4 is 14.8 Å². The molecule has 1 N–H and O–H groups in total. The maximum Gasteiger partial charge on any atom is 0.322 e. The molecule has 1 heterocycles. The third-order valence-corrected chi connectivity index (χ3v) is 7.70. The van der Waals surface area contributed by atoms with Crippen LogP contribution in [0.3, 0.4) is 0 Å². The summed E-state index contributed by atoms with van der Waals surface area (Å²) < 4.78 is 10.8. The Labute approximate surface area is 244 Å². The van der Waals surface area contributed by atoms with Gasteiger partial charge in [0, 0.05) is 23.0 Å². The summed E-state index contributed by atoms with van der Waals surface area (Å²) in [6.07, 6.45) is 0.618. The summed E-state index contributed by atoms with van der Waals surface area (Å²) in [6.45, 7) is 7.34. The van der Waals surface area contributed by atoms with Crippen molar-refractivity contribution in [2.24, 2.45) is 5.92 Å². The largest absolute Gasteiger partial charge is 0.493 e. The van der Waals surface area contributed by atoms with Gasteiger partial charge in [-0.15, -0.1) is 11.3 Å². The van der Waals surface area contributed by atoms with Crippen molar-refractivity contribution in [1.82, 2.24) is 9.80 Å². The Hall–Kier alpha value is -2.94. The molecule has 3 amide bonds. The normalized spacial score (nSPS) is 10.9. The van der Waals surface area contributed by atoms with E-state index in [1.54, 1.807) is 43.8 Å². The highest BCUT2D eigenvalue weighted by molar-refractivity contribution is 7.10. The molecule has 0 aliphatic carbocycles. The van der Waals surface area contributed by atoms with Crippen molar-refractivity contribution >= 4 is 52.2 Å². The first kappa shape index (κ1) is 30.6. The SMILES string of the molecule is COc1ccc(CCN(Cc2sccc2C)C(=O)CN(CC(C)C)C(=O)Nc2ccc(Cl)cc2Cl)cc1OC. The van der Waals surface area contributed by atoms with Gasteiger partial charge in [0.2, 0.25) is 5.91 Å². The number of hydrogen-bond donors (Lipinski definition) is 1. The number of aryl methyl sites for hydroxylation is 1. The van der Waals surface area contributed by atoms with Gasteiger partial charge in [-0.1, -0.05) is 43.1 Å². The lowest BCUT2D eigenvalue weighted by molar-refractivity contribution is -0.132. The Morgan fingerprint density at radius 1 is 1.00 bits per heavy atom. The lowest BCUT2D eigenvalue weighted by atomic mass is 10.1. The zero-order valence-electron chi connectivity index (χ0n) is 22.9. The van der Waals surface area contributed by atoms with E-state index in [9.17, 15) is 9.59 Å². The predicted octanol–water partition coefficient (Wildman–Crippen LogP) is 7.14. The van der Waals surface area contributed by atoms with Gasteiger partial charge in [-0.2, -0.15) is 0 Å². The van der Waals surface area contributed by atoms with Crippen LogP contribution in [0, 0.1) is 12.8 Å². The molecule has 1 aromatic heterocycles. The van der Waals surface area contributed by atoms with Crippen molar-refractivity contribution in [1.29, 1.82) is 0 Å². The molecule has 2 aromatic carbocycles. The highest BCUT2D eigenvalue weighted by Crippen LogP contribution is 2.28. The summed E-state index contributed by atoms with van der Waals surface area (Å²) in [6, 6.07) is 12.3. The molecule has 0 aliphatic heterocycles. The van der Waals surface area contributed by atoms with Crippen molar-refractivity contribution in [3.8, 4) is 11.5 Å². The molecule has 0 atom stereocenters. The third-order valence-electron chi connectivity index (χ3n) is 6.15. The van der Waals surface area contributed by atoms with Gasteiger partial charge in [-0.3, -0.25) is 4.79 Å². The molecule has 0 spiro atoms. The molecule has 0 unspecified atom stereocenters. The summed E-state index contributed by atoms with van der Waals surface area (Å²) in [5.41, 5.74) is 2.59.